The molecule has 0 spiro atoms. The van der Waals surface area contributed by atoms with Gasteiger partial charge in [0.25, 0.3) is 0 Å². The molecular formula is C26H36N2O. The minimum absolute atomic E-state index is 0.0968. The molecule has 0 aromatic heterocycles. The van der Waals surface area contributed by atoms with Crippen LogP contribution in [0.3, 0.4) is 0 Å². The van der Waals surface area contributed by atoms with Gasteiger partial charge in [0.05, 0.1) is 5.92 Å². The van der Waals surface area contributed by atoms with Gasteiger partial charge in [0.15, 0.2) is 0 Å². The van der Waals surface area contributed by atoms with Crippen molar-refractivity contribution < 1.29 is 4.79 Å². The molecule has 2 aromatic carbocycles. The Morgan fingerprint density at radius 3 is 2.38 bits per heavy atom. The van der Waals surface area contributed by atoms with E-state index in [1.807, 2.05) is 6.92 Å². The lowest BCUT2D eigenvalue weighted by Crippen LogP contribution is -2.42. The number of carbonyl (C=O) groups excluding carboxylic acids is 1. The van der Waals surface area contributed by atoms with Gasteiger partial charge in [-0.2, -0.15) is 0 Å². The first-order valence-electron chi connectivity index (χ1n) is 11.0. The average molecular weight is 393 g/mol. The zero-order chi connectivity index (χ0) is 20.9. The minimum atomic E-state index is -0.0968. The highest BCUT2D eigenvalue weighted by molar-refractivity contribution is 5.83. The topological polar surface area (TPSA) is 32.3 Å². The number of nitrogens with zero attached hydrogens (tertiary/aromatic N) is 1. The summed E-state index contributed by atoms with van der Waals surface area (Å²) in [4.78, 5) is 15.0. The largest absolute Gasteiger partial charge is 0.356 e. The molecule has 3 nitrogen and oxygen atoms in total. The van der Waals surface area contributed by atoms with Gasteiger partial charge in [-0.05, 0) is 81.8 Å². The highest BCUT2D eigenvalue weighted by atomic mass is 16.1. The minimum Gasteiger partial charge on any atom is -0.356 e. The predicted molar refractivity (Wildman–Crippen MR) is 121 cm³/mol. The molecule has 1 N–H and O–H groups in total. The molecule has 3 heteroatoms. The third kappa shape index (κ3) is 5.48. The molecule has 1 fully saturated rings. The Morgan fingerprint density at radius 1 is 1.07 bits per heavy atom. The third-order valence-electron chi connectivity index (χ3n) is 6.68. The van der Waals surface area contributed by atoms with Crippen LogP contribution in [0, 0.1) is 13.8 Å². The fourth-order valence-corrected chi connectivity index (χ4v) is 4.46. The summed E-state index contributed by atoms with van der Waals surface area (Å²) in [5, 5.41) is 3.12. The Bertz CT molecular complexity index is 804. The van der Waals surface area contributed by atoms with E-state index in [1.54, 1.807) is 0 Å². The number of benzene rings is 2. The van der Waals surface area contributed by atoms with E-state index in [0.29, 0.717) is 5.41 Å². The first kappa shape index (κ1) is 21.6. The number of hydrogen-bond acceptors (Lipinski definition) is 2. The van der Waals surface area contributed by atoms with Gasteiger partial charge in [0.1, 0.15) is 0 Å². The maximum absolute atomic E-state index is 12.4. The highest BCUT2D eigenvalue weighted by Crippen LogP contribution is 2.36. The van der Waals surface area contributed by atoms with Crippen molar-refractivity contribution in [3.8, 4) is 0 Å². The number of nitrogens with one attached hydrogen (secondary N) is 1. The normalized spacial score (nSPS) is 17.7. The first-order chi connectivity index (χ1) is 13.9. The van der Waals surface area contributed by atoms with Crippen LogP contribution in [0.5, 0.6) is 0 Å². The fraction of sp³-hybridized carbons (Fsp3) is 0.500. The number of aryl methyl sites for hydroxylation is 2. The van der Waals surface area contributed by atoms with Crippen LogP contribution in [0.1, 0.15) is 61.3 Å². The molecular weight excluding hydrogens is 356 g/mol. The molecule has 1 aliphatic rings. The molecule has 0 saturated carbocycles. The van der Waals surface area contributed by atoms with Gasteiger partial charge in [0, 0.05) is 6.54 Å². The van der Waals surface area contributed by atoms with Crippen molar-refractivity contribution in [3.63, 3.8) is 0 Å². The summed E-state index contributed by atoms with van der Waals surface area (Å²) in [6.07, 6.45) is 3.41. The monoisotopic (exact) mass is 392 g/mol. The SMILES string of the molecule is Cc1ccc(C(C)C(=O)NCCCN2CCC(C)(c3ccccc3C)CC2)cc1. The number of amides is 1. The van der Waals surface area contributed by atoms with Gasteiger partial charge >= 0.3 is 0 Å². The van der Waals surface area contributed by atoms with Crippen molar-refractivity contribution in [2.75, 3.05) is 26.2 Å². The second-order valence-electron chi connectivity index (χ2n) is 8.99. The van der Waals surface area contributed by atoms with Crippen molar-refractivity contribution in [2.45, 2.75) is 58.3 Å². The number of likely N-dealkylation sites (tertiary alicyclic amines) is 1. The summed E-state index contributed by atoms with van der Waals surface area (Å²) in [6.45, 7) is 12.8. The van der Waals surface area contributed by atoms with Crippen molar-refractivity contribution in [2.24, 2.45) is 0 Å². The lowest BCUT2D eigenvalue weighted by molar-refractivity contribution is -0.122. The molecule has 1 heterocycles. The number of carbonyl (C=O) groups is 1. The molecule has 1 amide bonds. The maximum atomic E-state index is 12.4. The van der Waals surface area contributed by atoms with Crippen LogP contribution in [0.15, 0.2) is 48.5 Å². The van der Waals surface area contributed by atoms with Gasteiger partial charge in [-0.15, -0.1) is 0 Å². The first-order valence-corrected chi connectivity index (χ1v) is 11.0. The summed E-state index contributed by atoms with van der Waals surface area (Å²) in [7, 11) is 0. The molecule has 0 aliphatic carbocycles. The third-order valence-corrected chi connectivity index (χ3v) is 6.68. The van der Waals surface area contributed by atoms with Gasteiger partial charge in [-0.25, -0.2) is 0 Å². The van der Waals surface area contributed by atoms with E-state index in [4.69, 9.17) is 0 Å². The molecule has 1 unspecified atom stereocenters. The zero-order valence-corrected chi connectivity index (χ0v) is 18.5. The van der Waals surface area contributed by atoms with E-state index in [1.165, 1.54) is 29.5 Å². The summed E-state index contributed by atoms with van der Waals surface area (Å²) in [5.41, 5.74) is 5.52. The van der Waals surface area contributed by atoms with Crippen LogP contribution in [0.25, 0.3) is 0 Å². The molecule has 1 saturated heterocycles. The lowest BCUT2D eigenvalue weighted by Gasteiger charge is -2.40. The Labute approximate surface area is 176 Å². The molecule has 2 aromatic rings. The van der Waals surface area contributed by atoms with Crippen molar-refractivity contribution in [3.05, 3.63) is 70.8 Å². The molecule has 0 bridgehead atoms. The summed E-state index contributed by atoms with van der Waals surface area (Å²) in [6, 6.07) is 17.1. The van der Waals surface area contributed by atoms with E-state index in [-0.39, 0.29) is 11.8 Å². The van der Waals surface area contributed by atoms with E-state index in [9.17, 15) is 4.79 Å². The van der Waals surface area contributed by atoms with Crippen LogP contribution >= 0.6 is 0 Å². The fourth-order valence-electron chi connectivity index (χ4n) is 4.46. The predicted octanol–water partition coefficient (Wildman–Crippen LogP) is 4.97. The van der Waals surface area contributed by atoms with Crippen LogP contribution in [-0.2, 0) is 10.2 Å². The van der Waals surface area contributed by atoms with Gasteiger partial charge < -0.3 is 10.2 Å². The summed E-state index contributed by atoms with van der Waals surface area (Å²) < 4.78 is 0. The molecule has 1 aliphatic heterocycles. The standard InChI is InChI=1S/C26H36N2O/c1-20-10-12-23(13-11-20)22(3)25(29)27-16-7-17-28-18-14-26(4,15-19-28)24-9-6-5-8-21(24)2/h5-6,8-13,22H,7,14-19H2,1-4H3,(H,27,29). The van der Waals surface area contributed by atoms with Crippen LogP contribution < -0.4 is 5.32 Å². The van der Waals surface area contributed by atoms with Crippen LogP contribution in [-0.4, -0.2) is 37.0 Å². The molecule has 1 atom stereocenters. The number of hydrogen-bond donors (Lipinski definition) is 1. The van der Waals surface area contributed by atoms with E-state index in [2.05, 4.69) is 79.5 Å². The van der Waals surface area contributed by atoms with Crippen molar-refractivity contribution >= 4 is 5.91 Å². The number of rotatable bonds is 7. The van der Waals surface area contributed by atoms with Crippen molar-refractivity contribution in [1.82, 2.24) is 10.2 Å². The molecule has 3 rings (SSSR count). The lowest BCUT2D eigenvalue weighted by atomic mass is 9.73. The van der Waals surface area contributed by atoms with Crippen molar-refractivity contribution in [1.29, 1.82) is 0 Å². The summed E-state index contributed by atoms with van der Waals surface area (Å²) >= 11 is 0. The highest BCUT2D eigenvalue weighted by Gasteiger charge is 2.32. The molecule has 29 heavy (non-hydrogen) atoms. The van der Waals surface area contributed by atoms with Gasteiger partial charge in [0.2, 0.25) is 5.91 Å². The second kappa shape index (κ2) is 9.58. The van der Waals surface area contributed by atoms with E-state index in [0.717, 1.165) is 38.2 Å². The van der Waals surface area contributed by atoms with Gasteiger partial charge in [-0.3, -0.25) is 4.79 Å². The molecule has 0 radical (unpaired) electrons. The Hall–Kier alpha value is -2.13. The van der Waals surface area contributed by atoms with E-state index < -0.39 is 0 Å². The second-order valence-corrected chi connectivity index (χ2v) is 8.99. The van der Waals surface area contributed by atoms with Crippen LogP contribution in [0.2, 0.25) is 0 Å². The van der Waals surface area contributed by atoms with Crippen LogP contribution in [0.4, 0.5) is 0 Å². The Morgan fingerprint density at radius 2 is 1.72 bits per heavy atom. The Balaban J connectivity index is 1.39. The quantitative estimate of drug-likeness (QED) is 0.675. The zero-order valence-electron chi connectivity index (χ0n) is 18.5. The number of piperidine rings is 1. The smallest absolute Gasteiger partial charge is 0.227 e. The maximum Gasteiger partial charge on any atom is 0.227 e. The Kier molecular flexibility index (Phi) is 7.13. The van der Waals surface area contributed by atoms with Gasteiger partial charge in [-0.1, -0.05) is 61.0 Å². The molecule has 156 valence electrons. The van der Waals surface area contributed by atoms with E-state index >= 15 is 0 Å². The average Bonchev–Trinajstić information content (AvgIpc) is 2.72. The summed E-state index contributed by atoms with van der Waals surface area (Å²) in [5.74, 6) is 0.0278.